The Balaban J connectivity index is 1.53. The molecule has 7 heteroatoms. The van der Waals surface area contributed by atoms with Crippen LogP contribution in [0.5, 0.6) is 0 Å². The topological polar surface area (TPSA) is 59.8 Å². The fraction of sp³-hybridized carbons (Fsp3) is 0.0952. The number of halogens is 1. The summed E-state index contributed by atoms with van der Waals surface area (Å²) in [6.07, 6.45) is 1.67. The Kier molecular flexibility index (Phi) is 5.23. The Bertz CT molecular complexity index is 1100. The minimum absolute atomic E-state index is 0.185. The van der Waals surface area contributed by atoms with E-state index in [9.17, 15) is 4.79 Å². The monoisotopic (exact) mass is 408 g/mol. The van der Waals surface area contributed by atoms with E-state index in [1.165, 1.54) is 11.3 Å². The van der Waals surface area contributed by atoms with Crippen LogP contribution in [0.1, 0.15) is 20.9 Å². The second-order valence-electron chi connectivity index (χ2n) is 6.25. The van der Waals surface area contributed by atoms with E-state index in [1.54, 1.807) is 16.9 Å². The van der Waals surface area contributed by atoms with Gasteiger partial charge in [-0.2, -0.15) is 5.10 Å². The van der Waals surface area contributed by atoms with Gasteiger partial charge in [-0.3, -0.25) is 4.79 Å². The van der Waals surface area contributed by atoms with Crippen LogP contribution in [0.2, 0.25) is 5.02 Å². The lowest BCUT2D eigenvalue weighted by Crippen LogP contribution is -2.16. The molecule has 2 heterocycles. The highest BCUT2D eigenvalue weighted by molar-refractivity contribution is 7.17. The van der Waals surface area contributed by atoms with Crippen molar-refractivity contribution in [2.24, 2.45) is 0 Å². The fourth-order valence-electron chi connectivity index (χ4n) is 2.81. The number of carbonyl (C=O) groups is 1. The van der Waals surface area contributed by atoms with Crippen LogP contribution in [-0.2, 0) is 6.54 Å². The number of hydrogen-bond acceptors (Lipinski definition) is 4. The van der Waals surface area contributed by atoms with Gasteiger partial charge in [0.05, 0.1) is 18.4 Å². The largest absolute Gasteiger partial charge is 0.306 e. The van der Waals surface area contributed by atoms with Gasteiger partial charge in [0.2, 0.25) is 0 Å². The Hall–Kier alpha value is -2.96. The van der Waals surface area contributed by atoms with E-state index in [2.05, 4.69) is 15.4 Å². The number of hydrogen-bond donors (Lipinski definition) is 1. The molecule has 0 fully saturated rings. The first kappa shape index (κ1) is 18.4. The summed E-state index contributed by atoms with van der Waals surface area (Å²) in [6.45, 7) is 2.39. The molecular weight excluding hydrogens is 392 g/mol. The lowest BCUT2D eigenvalue weighted by atomic mass is 10.2. The van der Waals surface area contributed by atoms with E-state index in [0.29, 0.717) is 28.0 Å². The van der Waals surface area contributed by atoms with Crippen LogP contribution in [-0.4, -0.2) is 20.7 Å². The lowest BCUT2D eigenvalue weighted by molar-refractivity contribution is 0.102. The third kappa shape index (κ3) is 3.98. The molecule has 5 nitrogen and oxygen atoms in total. The second-order valence-corrected chi connectivity index (χ2v) is 7.69. The van der Waals surface area contributed by atoms with Gasteiger partial charge in [0.1, 0.15) is 15.7 Å². The average Bonchev–Trinajstić information content (AvgIpc) is 3.31. The van der Waals surface area contributed by atoms with Crippen molar-refractivity contribution in [2.75, 3.05) is 5.32 Å². The number of benzene rings is 2. The number of rotatable bonds is 5. The molecule has 0 saturated heterocycles. The molecule has 1 amide bonds. The number of nitrogens with zero attached hydrogens (tertiary/aromatic N) is 3. The summed E-state index contributed by atoms with van der Waals surface area (Å²) in [6, 6.07) is 19.2. The predicted molar refractivity (Wildman–Crippen MR) is 113 cm³/mol. The summed E-state index contributed by atoms with van der Waals surface area (Å²) in [7, 11) is 0. The Labute approximate surface area is 171 Å². The molecule has 1 N–H and O–H groups in total. The fourth-order valence-corrected chi connectivity index (χ4v) is 3.90. The van der Waals surface area contributed by atoms with Crippen LogP contribution >= 0.6 is 22.9 Å². The number of nitrogens with one attached hydrogen (secondary N) is 1. The maximum absolute atomic E-state index is 12.8. The SMILES string of the molecule is Cc1nc(-c2ccccc2)sc1C(=O)Nc1ccnn1Cc1ccc(Cl)cc1. The third-order valence-corrected chi connectivity index (χ3v) is 5.68. The number of aryl methyl sites for hydroxylation is 1. The maximum atomic E-state index is 12.8. The van der Waals surface area contributed by atoms with Crippen LogP contribution in [0.25, 0.3) is 10.6 Å². The van der Waals surface area contributed by atoms with Crippen molar-refractivity contribution in [3.63, 3.8) is 0 Å². The number of anilines is 1. The van der Waals surface area contributed by atoms with Crippen LogP contribution < -0.4 is 5.32 Å². The zero-order chi connectivity index (χ0) is 19.5. The first-order chi connectivity index (χ1) is 13.6. The Morgan fingerprint density at radius 2 is 1.86 bits per heavy atom. The molecule has 2 aromatic heterocycles. The van der Waals surface area contributed by atoms with E-state index < -0.39 is 0 Å². The van der Waals surface area contributed by atoms with Crippen molar-refractivity contribution >= 4 is 34.7 Å². The summed E-state index contributed by atoms with van der Waals surface area (Å²) < 4.78 is 1.75. The molecule has 4 rings (SSSR count). The molecule has 0 saturated carbocycles. The Morgan fingerprint density at radius 3 is 2.61 bits per heavy atom. The van der Waals surface area contributed by atoms with Crippen LogP contribution in [0.3, 0.4) is 0 Å². The molecule has 2 aromatic carbocycles. The highest BCUT2D eigenvalue weighted by Gasteiger charge is 2.17. The molecule has 4 aromatic rings. The summed E-state index contributed by atoms with van der Waals surface area (Å²) in [5.74, 6) is 0.448. The molecule has 0 radical (unpaired) electrons. The van der Waals surface area contributed by atoms with E-state index in [4.69, 9.17) is 11.6 Å². The standard InChI is InChI=1S/C21H17ClN4OS/c1-14-19(28-21(24-14)16-5-3-2-4-6-16)20(27)25-18-11-12-23-26(18)13-15-7-9-17(22)10-8-15/h2-12H,13H2,1H3,(H,25,27). The van der Waals surface area contributed by atoms with E-state index >= 15 is 0 Å². The summed E-state index contributed by atoms with van der Waals surface area (Å²) in [4.78, 5) is 18.0. The normalized spacial score (nSPS) is 10.8. The summed E-state index contributed by atoms with van der Waals surface area (Å²) in [5, 5.41) is 8.78. The molecule has 0 bridgehead atoms. The molecule has 0 spiro atoms. The highest BCUT2D eigenvalue weighted by atomic mass is 35.5. The van der Waals surface area contributed by atoms with Gasteiger partial charge in [-0.1, -0.05) is 54.1 Å². The molecular formula is C21H17ClN4OS. The van der Waals surface area contributed by atoms with E-state index in [-0.39, 0.29) is 5.91 Å². The van der Waals surface area contributed by atoms with Crippen molar-refractivity contribution in [2.45, 2.75) is 13.5 Å². The first-order valence-electron chi connectivity index (χ1n) is 8.70. The zero-order valence-corrected chi connectivity index (χ0v) is 16.7. The van der Waals surface area contributed by atoms with Crippen molar-refractivity contribution in [3.8, 4) is 10.6 Å². The predicted octanol–water partition coefficient (Wildman–Crippen LogP) is 5.27. The summed E-state index contributed by atoms with van der Waals surface area (Å²) in [5.41, 5.74) is 2.76. The minimum Gasteiger partial charge on any atom is -0.306 e. The van der Waals surface area contributed by atoms with Crippen LogP contribution in [0, 0.1) is 6.92 Å². The smallest absolute Gasteiger partial charge is 0.268 e. The van der Waals surface area contributed by atoms with Crippen molar-refractivity contribution < 1.29 is 4.79 Å². The van der Waals surface area contributed by atoms with Crippen molar-refractivity contribution in [3.05, 3.63) is 88.0 Å². The van der Waals surface area contributed by atoms with Gasteiger partial charge in [0.15, 0.2) is 0 Å². The molecule has 28 heavy (non-hydrogen) atoms. The highest BCUT2D eigenvalue weighted by Crippen LogP contribution is 2.28. The molecule has 0 aliphatic heterocycles. The van der Waals surface area contributed by atoms with Gasteiger partial charge in [-0.05, 0) is 24.6 Å². The van der Waals surface area contributed by atoms with E-state index in [1.807, 2.05) is 61.5 Å². The molecule has 0 unspecified atom stereocenters. The first-order valence-corrected chi connectivity index (χ1v) is 9.90. The molecule has 0 aliphatic carbocycles. The van der Waals surface area contributed by atoms with Gasteiger partial charge < -0.3 is 5.32 Å². The average molecular weight is 409 g/mol. The Morgan fingerprint density at radius 1 is 1.11 bits per heavy atom. The second kappa shape index (κ2) is 7.96. The molecule has 140 valence electrons. The summed E-state index contributed by atoms with van der Waals surface area (Å²) >= 11 is 7.32. The third-order valence-electron chi connectivity index (χ3n) is 4.23. The lowest BCUT2D eigenvalue weighted by Gasteiger charge is -2.09. The van der Waals surface area contributed by atoms with Gasteiger partial charge in [-0.25, -0.2) is 9.67 Å². The number of amides is 1. The number of thiazole rings is 1. The van der Waals surface area contributed by atoms with Gasteiger partial charge in [0, 0.05) is 16.7 Å². The van der Waals surface area contributed by atoms with Crippen molar-refractivity contribution in [1.82, 2.24) is 14.8 Å². The maximum Gasteiger partial charge on any atom is 0.268 e. The molecule has 0 aliphatic rings. The number of carbonyl (C=O) groups excluding carboxylic acids is 1. The van der Waals surface area contributed by atoms with Crippen LogP contribution in [0.4, 0.5) is 5.82 Å². The molecule has 0 atom stereocenters. The van der Waals surface area contributed by atoms with Gasteiger partial charge in [-0.15, -0.1) is 11.3 Å². The zero-order valence-electron chi connectivity index (χ0n) is 15.1. The number of aromatic nitrogens is 3. The van der Waals surface area contributed by atoms with Gasteiger partial charge >= 0.3 is 0 Å². The van der Waals surface area contributed by atoms with Crippen molar-refractivity contribution in [1.29, 1.82) is 0 Å². The minimum atomic E-state index is -0.185. The van der Waals surface area contributed by atoms with E-state index in [0.717, 1.165) is 16.1 Å². The van der Waals surface area contributed by atoms with Crippen LogP contribution in [0.15, 0.2) is 66.9 Å². The quantitative estimate of drug-likeness (QED) is 0.489. The van der Waals surface area contributed by atoms with Gasteiger partial charge in [0.25, 0.3) is 5.91 Å².